The van der Waals surface area contributed by atoms with Gasteiger partial charge >= 0.3 is 0 Å². The van der Waals surface area contributed by atoms with Crippen LogP contribution >= 0.6 is 0 Å². The van der Waals surface area contributed by atoms with E-state index in [1.54, 1.807) is 0 Å². The Bertz CT molecular complexity index is 232. The van der Waals surface area contributed by atoms with E-state index in [-0.39, 0.29) is 0 Å². The van der Waals surface area contributed by atoms with Crippen molar-refractivity contribution < 1.29 is 0 Å². The van der Waals surface area contributed by atoms with Crippen LogP contribution in [0.2, 0.25) is 0 Å². The molecule has 0 bridgehead atoms. The summed E-state index contributed by atoms with van der Waals surface area (Å²) in [5, 5.41) is 0. The van der Waals surface area contributed by atoms with Crippen LogP contribution in [0, 0.1) is 0 Å². The molecule has 1 nitrogen and oxygen atoms in total. The normalized spacial score (nSPS) is 21.0. The molecule has 1 heterocycles. The Morgan fingerprint density at radius 2 is 1.90 bits per heavy atom. The maximum atomic E-state index is 4.07. The topological polar surface area (TPSA) is 12.4 Å². The molecule has 0 amide bonds. The fourth-order valence-electron chi connectivity index (χ4n) is 1.02. The maximum absolute atomic E-state index is 4.07. The molecule has 1 aromatic rings. The lowest BCUT2D eigenvalue weighted by Gasteiger charge is -1.94. The lowest BCUT2D eigenvalue weighted by atomic mass is 10.1. The van der Waals surface area contributed by atoms with Gasteiger partial charge in [0.05, 0.1) is 6.04 Å². The fraction of sp³-hybridized carbons (Fsp3) is 0.222. The first-order valence-electron chi connectivity index (χ1n) is 3.52. The zero-order valence-electron chi connectivity index (χ0n) is 5.70. The standard InChI is InChI=1S/C9H9N/c1-2-4-8(5-3-1)6-9-7-10-9/h1-5,7,9H,6H2/t9-/m0/s1. The van der Waals surface area contributed by atoms with Gasteiger partial charge in [0.15, 0.2) is 0 Å². The van der Waals surface area contributed by atoms with Crippen LogP contribution in [0.5, 0.6) is 0 Å². The molecule has 50 valence electrons. The lowest BCUT2D eigenvalue weighted by Crippen LogP contribution is -1.93. The van der Waals surface area contributed by atoms with Crippen molar-refractivity contribution in [3.63, 3.8) is 0 Å². The average molecular weight is 131 g/mol. The van der Waals surface area contributed by atoms with Crippen molar-refractivity contribution in [1.82, 2.24) is 0 Å². The fourth-order valence-corrected chi connectivity index (χ4v) is 1.02. The number of aliphatic imine (C=N–C) groups is 1. The van der Waals surface area contributed by atoms with E-state index in [0.29, 0.717) is 6.04 Å². The van der Waals surface area contributed by atoms with Crippen LogP contribution < -0.4 is 0 Å². The zero-order chi connectivity index (χ0) is 6.81. The van der Waals surface area contributed by atoms with E-state index in [1.807, 2.05) is 12.3 Å². The summed E-state index contributed by atoms with van der Waals surface area (Å²) in [6, 6.07) is 11.0. The summed E-state index contributed by atoms with van der Waals surface area (Å²) in [6.07, 6.45) is 3.08. The summed E-state index contributed by atoms with van der Waals surface area (Å²) >= 11 is 0. The highest BCUT2D eigenvalue weighted by atomic mass is 14.9. The molecule has 1 aliphatic rings. The average Bonchev–Trinajstić information content (AvgIpc) is 2.74. The maximum Gasteiger partial charge on any atom is 0.0883 e. The predicted octanol–water partition coefficient (Wildman–Crippen LogP) is 1.68. The van der Waals surface area contributed by atoms with Crippen LogP contribution in [-0.2, 0) is 6.42 Å². The number of benzene rings is 1. The number of nitrogens with zero attached hydrogens (tertiary/aromatic N) is 1. The van der Waals surface area contributed by atoms with Crippen LogP contribution in [0.15, 0.2) is 35.3 Å². The monoisotopic (exact) mass is 131 g/mol. The van der Waals surface area contributed by atoms with Crippen LogP contribution in [0.3, 0.4) is 0 Å². The Hall–Kier alpha value is -1.11. The molecule has 1 aliphatic heterocycles. The number of hydrogen-bond donors (Lipinski definition) is 0. The minimum atomic E-state index is 0.516. The smallest absolute Gasteiger partial charge is 0.0883 e. The Kier molecular flexibility index (Phi) is 1.28. The van der Waals surface area contributed by atoms with E-state index in [9.17, 15) is 0 Å². The van der Waals surface area contributed by atoms with Crippen LogP contribution in [-0.4, -0.2) is 12.3 Å². The molecular formula is C9H9N. The largest absolute Gasteiger partial charge is 0.286 e. The molecule has 0 fully saturated rings. The van der Waals surface area contributed by atoms with Gasteiger partial charge in [-0.15, -0.1) is 0 Å². The summed E-state index contributed by atoms with van der Waals surface area (Å²) < 4.78 is 0. The summed E-state index contributed by atoms with van der Waals surface area (Å²) in [7, 11) is 0. The molecule has 0 spiro atoms. The van der Waals surface area contributed by atoms with Crippen LogP contribution in [0.4, 0.5) is 0 Å². The van der Waals surface area contributed by atoms with Crippen molar-refractivity contribution in [2.45, 2.75) is 12.5 Å². The molecule has 0 saturated carbocycles. The summed E-state index contributed by atoms with van der Waals surface area (Å²) in [5.41, 5.74) is 1.38. The summed E-state index contributed by atoms with van der Waals surface area (Å²) in [5.74, 6) is 0. The van der Waals surface area contributed by atoms with Gasteiger partial charge in [-0.2, -0.15) is 0 Å². The number of hydrogen-bond acceptors (Lipinski definition) is 1. The second-order valence-electron chi connectivity index (χ2n) is 2.56. The Morgan fingerprint density at radius 3 is 2.50 bits per heavy atom. The lowest BCUT2D eigenvalue weighted by molar-refractivity contribution is 0.967. The van der Waals surface area contributed by atoms with Gasteiger partial charge in [-0.25, -0.2) is 0 Å². The van der Waals surface area contributed by atoms with Gasteiger partial charge in [-0.3, -0.25) is 4.99 Å². The van der Waals surface area contributed by atoms with E-state index in [4.69, 9.17) is 0 Å². The van der Waals surface area contributed by atoms with E-state index in [1.165, 1.54) is 5.56 Å². The minimum Gasteiger partial charge on any atom is -0.286 e. The highest BCUT2D eigenvalue weighted by Gasteiger charge is 2.12. The first kappa shape index (κ1) is 5.66. The Balaban J connectivity index is 2.04. The van der Waals surface area contributed by atoms with Gasteiger partial charge in [0.1, 0.15) is 0 Å². The number of rotatable bonds is 2. The molecule has 0 aromatic heterocycles. The van der Waals surface area contributed by atoms with E-state index in [0.717, 1.165) is 6.42 Å². The third kappa shape index (κ3) is 1.24. The molecule has 1 atom stereocenters. The summed E-state index contributed by atoms with van der Waals surface area (Å²) in [6.45, 7) is 0. The first-order chi connectivity index (χ1) is 4.95. The first-order valence-corrected chi connectivity index (χ1v) is 3.52. The van der Waals surface area contributed by atoms with Crippen molar-refractivity contribution in [2.75, 3.05) is 0 Å². The van der Waals surface area contributed by atoms with Gasteiger partial charge in [-0.1, -0.05) is 30.3 Å². The van der Waals surface area contributed by atoms with Gasteiger partial charge in [0.2, 0.25) is 0 Å². The van der Waals surface area contributed by atoms with Gasteiger partial charge in [0.25, 0.3) is 0 Å². The molecule has 1 heteroatoms. The molecule has 0 aliphatic carbocycles. The summed E-state index contributed by atoms with van der Waals surface area (Å²) in [4.78, 5) is 4.07. The highest BCUT2D eigenvalue weighted by molar-refractivity contribution is 5.78. The van der Waals surface area contributed by atoms with Gasteiger partial charge in [0, 0.05) is 6.21 Å². The van der Waals surface area contributed by atoms with E-state index in [2.05, 4.69) is 29.3 Å². The predicted molar refractivity (Wildman–Crippen MR) is 42.4 cm³/mol. The van der Waals surface area contributed by atoms with Crippen molar-refractivity contribution in [2.24, 2.45) is 4.99 Å². The molecule has 0 radical (unpaired) electrons. The highest BCUT2D eigenvalue weighted by Crippen LogP contribution is 2.10. The van der Waals surface area contributed by atoms with Crippen LogP contribution in [0.25, 0.3) is 0 Å². The Morgan fingerprint density at radius 1 is 1.20 bits per heavy atom. The Labute approximate surface area is 60.4 Å². The van der Waals surface area contributed by atoms with Crippen molar-refractivity contribution in [1.29, 1.82) is 0 Å². The van der Waals surface area contributed by atoms with Gasteiger partial charge in [-0.05, 0) is 12.0 Å². The second-order valence-corrected chi connectivity index (χ2v) is 2.56. The van der Waals surface area contributed by atoms with Crippen molar-refractivity contribution >= 4 is 6.21 Å². The third-order valence-corrected chi connectivity index (χ3v) is 1.65. The SMILES string of the molecule is C1=N[C@H]1Cc1ccccc1. The van der Waals surface area contributed by atoms with Gasteiger partial charge < -0.3 is 0 Å². The van der Waals surface area contributed by atoms with E-state index >= 15 is 0 Å². The third-order valence-electron chi connectivity index (χ3n) is 1.65. The zero-order valence-corrected chi connectivity index (χ0v) is 5.70. The quantitative estimate of drug-likeness (QED) is 0.579. The van der Waals surface area contributed by atoms with E-state index < -0.39 is 0 Å². The van der Waals surface area contributed by atoms with Crippen molar-refractivity contribution in [3.05, 3.63) is 35.9 Å². The van der Waals surface area contributed by atoms with Crippen molar-refractivity contribution in [3.8, 4) is 0 Å². The van der Waals surface area contributed by atoms with Crippen LogP contribution in [0.1, 0.15) is 5.56 Å². The molecule has 1 aromatic carbocycles. The molecule has 2 rings (SSSR count). The minimum absolute atomic E-state index is 0.516. The molecular weight excluding hydrogens is 122 g/mol. The second kappa shape index (κ2) is 2.25. The molecule has 10 heavy (non-hydrogen) atoms. The molecule has 0 saturated heterocycles. The molecule has 0 unspecified atom stereocenters. The molecule has 0 N–H and O–H groups in total.